The molecule has 12 heteroatoms. The number of aliphatic hydroxyl groups is 1. The Morgan fingerprint density at radius 1 is 1.02 bits per heavy atom. The van der Waals surface area contributed by atoms with E-state index < -0.39 is 30.6 Å². The number of halogens is 2. The van der Waals surface area contributed by atoms with Gasteiger partial charge in [0.1, 0.15) is 5.52 Å². The third-order valence-electron chi connectivity index (χ3n) is 6.22. The summed E-state index contributed by atoms with van der Waals surface area (Å²) < 4.78 is 0.739. The van der Waals surface area contributed by atoms with Crippen LogP contribution in [0.1, 0.15) is 42.3 Å². The van der Waals surface area contributed by atoms with Crippen LogP contribution in [0.3, 0.4) is 0 Å². The van der Waals surface area contributed by atoms with Gasteiger partial charge in [0.15, 0.2) is 11.2 Å². The summed E-state index contributed by atoms with van der Waals surface area (Å²) >= 11 is 13.7. The van der Waals surface area contributed by atoms with Gasteiger partial charge in [0.05, 0.1) is 22.8 Å². The van der Waals surface area contributed by atoms with E-state index in [0.717, 1.165) is 15.8 Å². The third-order valence-corrected chi connectivity index (χ3v) is 7.64. The number of aliphatic hydroxyl groups excluding tert-OH is 1. The fraction of sp³-hybridized carbons (Fsp3) is 0.241. The number of amides is 3. The first-order valence-corrected chi connectivity index (χ1v) is 14.1. The predicted molar refractivity (Wildman–Crippen MR) is 162 cm³/mol. The molecule has 0 bridgehead atoms. The van der Waals surface area contributed by atoms with Gasteiger partial charge in [0.25, 0.3) is 5.91 Å². The number of fused-ring (bicyclic) bond motifs is 1. The molecule has 4 aromatic rings. The van der Waals surface area contributed by atoms with Gasteiger partial charge in [-0.05, 0) is 52.9 Å². The first kappa shape index (κ1) is 30.3. The fourth-order valence-electron chi connectivity index (χ4n) is 3.91. The zero-order valence-corrected chi connectivity index (χ0v) is 24.8. The minimum atomic E-state index is -1.70. The molecule has 4 rings (SSSR count). The Kier molecular flexibility index (Phi) is 9.18. The van der Waals surface area contributed by atoms with Crippen molar-refractivity contribution in [3.05, 3.63) is 87.4 Å². The van der Waals surface area contributed by atoms with E-state index in [1.165, 1.54) is 11.3 Å². The van der Waals surface area contributed by atoms with Crippen molar-refractivity contribution in [2.75, 3.05) is 16.8 Å². The lowest BCUT2D eigenvalue weighted by Gasteiger charge is -2.25. The predicted octanol–water partition coefficient (Wildman–Crippen LogP) is 6.31. The van der Waals surface area contributed by atoms with Crippen molar-refractivity contribution in [2.45, 2.75) is 38.8 Å². The SMILES string of the molecule is CC(C)(C)c1ccc(N(Cc2ccc(C(=O)NC[C@@H](O)C(=O)O)cc2)C(=O)Nc2nc3c(Cl)cc(Cl)cc3s2)cc1. The van der Waals surface area contributed by atoms with Crippen molar-refractivity contribution < 1.29 is 24.6 Å². The van der Waals surface area contributed by atoms with Gasteiger partial charge in [-0.3, -0.25) is 15.0 Å². The van der Waals surface area contributed by atoms with Crippen LogP contribution in [0.25, 0.3) is 10.2 Å². The van der Waals surface area contributed by atoms with E-state index in [1.807, 2.05) is 24.3 Å². The van der Waals surface area contributed by atoms with Gasteiger partial charge in [-0.15, -0.1) is 0 Å². The Labute approximate surface area is 250 Å². The summed E-state index contributed by atoms with van der Waals surface area (Å²) in [5, 5.41) is 24.6. The number of carboxylic acids is 1. The monoisotopic (exact) mass is 614 g/mol. The zero-order valence-electron chi connectivity index (χ0n) is 22.4. The molecule has 0 aliphatic rings. The normalized spacial score (nSPS) is 12.1. The molecule has 3 amide bonds. The summed E-state index contributed by atoms with van der Waals surface area (Å²) in [7, 11) is 0. The highest BCUT2D eigenvalue weighted by Gasteiger charge is 2.21. The summed E-state index contributed by atoms with van der Waals surface area (Å²) in [5.74, 6) is -1.95. The second kappa shape index (κ2) is 12.4. The standard InChI is InChI=1S/C29H28Cl2N4O5S/c1-29(2,3)18-8-10-20(11-9-18)35(28(40)34-27-33-24-21(31)12-19(30)13-23(24)41-27)15-16-4-6-17(7-5-16)25(37)32-14-22(36)26(38)39/h4-13,22,36H,14-15H2,1-3H3,(H,32,37)(H,38,39)(H,33,34,40)/t22-/m1/s1. The molecule has 0 unspecified atom stereocenters. The van der Waals surface area contributed by atoms with Crippen molar-refractivity contribution in [3.63, 3.8) is 0 Å². The van der Waals surface area contributed by atoms with E-state index >= 15 is 0 Å². The lowest BCUT2D eigenvalue weighted by molar-refractivity contribution is -0.146. The molecule has 0 aliphatic carbocycles. The number of carbonyl (C=O) groups is 3. The average Bonchev–Trinajstić information content (AvgIpc) is 3.32. The molecule has 0 aliphatic heterocycles. The first-order valence-electron chi connectivity index (χ1n) is 12.5. The highest BCUT2D eigenvalue weighted by molar-refractivity contribution is 7.22. The van der Waals surface area contributed by atoms with Crippen LogP contribution < -0.4 is 15.5 Å². The van der Waals surface area contributed by atoms with E-state index in [0.29, 0.717) is 26.4 Å². The molecule has 0 radical (unpaired) electrons. The number of carbonyl (C=O) groups excluding carboxylic acids is 2. The highest BCUT2D eigenvalue weighted by Crippen LogP contribution is 2.34. The van der Waals surface area contributed by atoms with Crippen molar-refractivity contribution in [2.24, 2.45) is 0 Å². The van der Waals surface area contributed by atoms with Crippen molar-refractivity contribution in [1.82, 2.24) is 10.3 Å². The van der Waals surface area contributed by atoms with Gasteiger partial charge in [0, 0.05) is 16.3 Å². The molecule has 41 heavy (non-hydrogen) atoms. The summed E-state index contributed by atoms with van der Waals surface area (Å²) in [6, 6.07) is 17.2. The van der Waals surface area contributed by atoms with E-state index in [2.05, 4.69) is 36.4 Å². The minimum Gasteiger partial charge on any atom is -0.479 e. The van der Waals surface area contributed by atoms with Crippen LogP contribution in [0.2, 0.25) is 10.0 Å². The molecule has 0 fully saturated rings. The molecular weight excluding hydrogens is 587 g/mol. The number of thiazole rings is 1. The Bertz CT molecular complexity index is 1580. The topological polar surface area (TPSA) is 132 Å². The Balaban J connectivity index is 1.57. The molecule has 0 saturated heterocycles. The van der Waals surface area contributed by atoms with Crippen LogP contribution in [-0.4, -0.2) is 45.8 Å². The molecule has 4 N–H and O–H groups in total. The molecule has 1 atom stereocenters. The van der Waals surface area contributed by atoms with Gasteiger partial charge in [-0.1, -0.05) is 79.6 Å². The van der Waals surface area contributed by atoms with Crippen LogP contribution in [0.4, 0.5) is 15.6 Å². The van der Waals surface area contributed by atoms with Gasteiger partial charge >= 0.3 is 12.0 Å². The minimum absolute atomic E-state index is 0.0654. The lowest BCUT2D eigenvalue weighted by Crippen LogP contribution is -2.36. The number of aromatic nitrogens is 1. The molecule has 1 aromatic heterocycles. The van der Waals surface area contributed by atoms with Crippen molar-refractivity contribution >= 4 is 73.5 Å². The van der Waals surface area contributed by atoms with Gasteiger partial charge in [-0.25, -0.2) is 14.6 Å². The van der Waals surface area contributed by atoms with Crippen molar-refractivity contribution in [1.29, 1.82) is 0 Å². The number of nitrogens with zero attached hydrogens (tertiary/aromatic N) is 2. The Morgan fingerprint density at radius 3 is 2.29 bits per heavy atom. The highest BCUT2D eigenvalue weighted by atomic mass is 35.5. The maximum absolute atomic E-state index is 13.6. The fourth-order valence-corrected chi connectivity index (χ4v) is 5.49. The number of anilines is 2. The van der Waals surface area contributed by atoms with Gasteiger partial charge in [0.2, 0.25) is 0 Å². The Morgan fingerprint density at radius 2 is 1.68 bits per heavy atom. The second-order valence-corrected chi connectivity index (χ2v) is 12.2. The lowest BCUT2D eigenvalue weighted by atomic mass is 9.87. The third kappa shape index (κ3) is 7.53. The maximum atomic E-state index is 13.6. The van der Waals surface area contributed by atoms with E-state index in [1.54, 1.807) is 41.3 Å². The summed E-state index contributed by atoms with van der Waals surface area (Å²) in [6.07, 6.45) is -1.70. The first-order chi connectivity index (χ1) is 19.3. The smallest absolute Gasteiger partial charge is 0.334 e. The molecule has 0 saturated carbocycles. The number of aliphatic carboxylic acids is 1. The number of nitrogens with one attached hydrogen (secondary N) is 2. The van der Waals surface area contributed by atoms with Crippen LogP contribution in [0.15, 0.2) is 60.7 Å². The molecule has 1 heterocycles. The van der Waals surface area contributed by atoms with Crippen LogP contribution in [0.5, 0.6) is 0 Å². The van der Waals surface area contributed by atoms with Gasteiger partial charge < -0.3 is 15.5 Å². The summed E-state index contributed by atoms with van der Waals surface area (Å²) in [5.41, 5.74) is 3.26. The molecule has 3 aromatic carbocycles. The zero-order chi connectivity index (χ0) is 29.9. The molecular formula is C29H28Cl2N4O5S. The number of hydrogen-bond acceptors (Lipinski definition) is 6. The maximum Gasteiger partial charge on any atom is 0.334 e. The number of benzene rings is 3. The van der Waals surface area contributed by atoms with Crippen LogP contribution in [-0.2, 0) is 16.8 Å². The summed E-state index contributed by atoms with van der Waals surface area (Å²) in [6.45, 7) is 6.08. The average molecular weight is 616 g/mol. The van der Waals surface area contributed by atoms with Gasteiger partial charge in [-0.2, -0.15) is 0 Å². The molecule has 214 valence electrons. The van der Waals surface area contributed by atoms with E-state index in [9.17, 15) is 19.5 Å². The number of urea groups is 1. The second-order valence-electron chi connectivity index (χ2n) is 10.3. The van der Waals surface area contributed by atoms with E-state index in [-0.39, 0.29) is 17.5 Å². The van der Waals surface area contributed by atoms with E-state index in [4.69, 9.17) is 28.3 Å². The molecule has 0 spiro atoms. The number of hydrogen-bond donors (Lipinski definition) is 4. The Hall–Kier alpha value is -3.70. The van der Waals surface area contributed by atoms with Crippen LogP contribution in [0, 0.1) is 0 Å². The largest absolute Gasteiger partial charge is 0.479 e. The van der Waals surface area contributed by atoms with Crippen molar-refractivity contribution in [3.8, 4) is 0 Å². The molecule has 9 nitrogen and oxygen atoms in total. The number of rotatable bonds is 8. The number of carboxylic acid groups (broad SMARTS) is 1. The van der Waals surface area contributed by atoms with Crippen LogP contribution >= 0.6 is 34.5 Å². The summed E-state index contributed by atoms with van der Waals surface area (Å²) in [4.78, 5) is 42.7. The quantitative estimate of drug-likeness (QED) is 0.184.